The molecule has 5 heteroatoms. The number of hydrogen-bond donors (Lipinski definition) is 1. The van der Waals surface area contributed by atoms with Gasteiger partial charge in [0.1, 0.15) is 22.5 Å². The number of nitrogens with zero attached hydrogens (tertiary/aromatic N) is 1. The predicted molar refractivity (Wildman–Crippen MR) is 107 cm³/mol. The van der Waals surface area contributed by atoms with Gasteiger partial charge in [0.05, 0.1) is 0 Å². The highest BCUT2D eigenvalue weighted by molar-refractivity contribution is 5.87. The Morgan fingerprint density at radius 2 is 1.85 bits per heavy atom. The minimum Gasteiger partial charge on any atom is -0.456 e. The van der Waals surface area contributed by atoms with Gasteiger partial charge in [-0.2, -0.15) is 0 Å². The summed E-state index contributed by atoms with van der Waals surface area (Å²) in [6, 6.07) is 17.9. The van der Waals surface area contributed by atoms with Crippen molar-refractivity contribution in [3.63, 3.8) is 0 Å². The molecule has 136 valence electrons. The van der Waals surface area contributed by atoms with Crippen LogP contribution in [0.2, 0.25) is 0 Å². The fourth-order valence-electron chi connectivity index (χ4n) is 3.75. The van der Waals surface area contributed by atoms with Crippen LogP contribution >= 0.6 is 0 Å². The molecular weight excluding hydrogens is 340 g/mol. The number of benzene rings is 2. The topological polar surface area (TPSA) is 58.6 Å². The molecule has 0 radical (unpaired) electrons. The van der Waals surface area contributed by atoms with E-state index in [0.717, 1.165) is 41.7 Å². The van der Waals surface area contributed by atoms with E-state index in [2.05, 4.69) is 23.2 Å². The highest BCUT2D eigenvalue weighted by Gasteiger charge is 2.17. The fourth-order valence-corrected chi connectivity index (χ4v) is 3.75. The first-order chi connectivity index (χ1) is 13.2. The van der Waals surface area contributed by atoms with Gasteiger partial charge in [0.15, 0.2) is 0 Å². The van der Waals surface area contributed by atoms with E-state index in [1.54, 1.807) is 0 Å². The van der Waals surface area contributed by atoms with Crippen molar-refractivity contribution < 1.29 is 8.83 Å². The summed E-state index contributed by atoms with van der Waals surface area (Å²) in [4.78, 5) is 14.9. The molecule has 0 spiro atoms. The van der Waals surface area contributed by atoms with E-state index in [4.69, 9.17) is 8.83 Å². The van der Waals surface area contributed by atoms with Gasteiger partial charge in [-0.1, -0.05) is 18.2 Å². The zero-order valence-electron chi connectivity index (χ0n) is 15.1. The molecule has 1 saturated heterocycles. The minimum absolute atomic E-state index is 0.382. The van der Waals surface area contributed by atoms with Gasteiger partial charge >= 0.3 is 5.63 Å². The fraction of sp³-hybridized carbons (Fsp3) is 0.227. The Kier molecular flexibility index (Phi) is 3.76. The number of piperazine rings is 1. The molecule has 27 heavy (non-hydrogen) atoms. The molecule has 4 aromatic rings. The molecule has 1 N–H and O–H groups in total. The molecule has 1 fully saturated rings. The number of anilines is 1. The minimum atomic E-state index is -0.382. The SMILES string of the molecule is C[C@H]1CN(c2ccc3cc(-c4cc5ccccc5o4)c(=O)oc3c2)CCN1. The average molecular weight is 360 g/mol. The van der Waals surface area contributed by atoms with Crippen molar-refractivity contribution in [2.24, 2.45) is 0 Å². The van der Waals surface area contributed by atoms with Crippen LogP contribution in [-0.4, -0.2) is 25.7 Å². The Hall–Kier alpha value is -3.05. The van der Waals surface area contributed by atoms with Crippen LogP contribution in [0.1, 0.15) is 6.92 Å². The van der Waals surface area contributed by atoms with Crippen molar-refractivity contribution >= 4 is 27.6 Å². The molecule has 0 saturated carbocycles. The number of rotatable bonds is 2. The van der Waals surface area contributed by atoms with Gasteiger partial charge in [0.25, 0.3) is 0 Å². The van der Waals surface area contributed by atoms with Crippen LogP contribution in [0, 0.1) is 0 Å². The van der Waals surface area contributed by atoms with Gasteiger partial charge < -0.3 is 19.1 Å². The molecule has 0 amide bonds. The van der Waals surface area contributed by atoms with Crippen molar-refractivity contribution in [3.8, 4) is 11.3 Å². The van der Waals surface area contributed by atoms with Gasteiger partial charge in [-0.3, -0.25) is 0 Å². The van der Waals surface area contributed by atoms with Crippen molar-refractivity contribution in [2.45, 2.75) is 13.0 Å². The third-order valence-corrected chi connectivity index (χ3v) is 5.14. The molecule has 5 nitrogen and oxygen atoms in total. The Labute approximate surface area is 156 Å². The maximum Gasteiger partial charge on any atom is 0.347 e. The maximum absolute atomic E-state index is 12.6. The van der Waals surface area contributed by atoms with Crippen LogP contribution in [-0.2, 0) is 0 Å². The highest BCUT2D eigenvalue weighted by atomic mass is 16.4. The lowest BCUT2D eigenvalue weighted by atomic mass is 10.1. The zero-order chi connectivity index (χ0) is 18.4. The zero-order valence-corrected chi connectivity index (χ0v) is 15.1. The molecule has 1 aliphatic heterocycles. The van der Waals surface area contributed by atoms with Gasteiger partial charge in [0.2, 0.25) is 0 Å². The van der Waals surface area contributed by atoms with Crippen molar-refractivity contribution in [3.05, 3.63) is 65.0 Å². The van der Waals surface area contributed by atoms with Crippen LogP contribution in [0.3, 0.4) is 0 Å². The number of para-hydroxylation sites is 1. The molecule has 0 aliphatic carbocycles. The molecule has 2 aromatic carbocycles. The summed E-state index contributed by atoms with van der Waals surface area (Å²) in [6.07, 6.45) is 0. The van der Waals surface area contributed by atoms with E-state index in [9.17, 15) is 4.79 Å². The smallest absolute Gasteiger partial charge is 0.347 e. The Morgan fingerprint density at radius 3 is 2.70 bits per heavy atom. The van der Waals surface area contributed by atoms with E-state index in [1.807, 2.05) is 48.5 Å². The van der Waals surface area contributed by atoms with Crippen LogP contribution in [0.25, 0.3) is 33.3 Å². The van der Waals surface area contributed by atoms with Crippen LogP contribution in [0.15, 0.2) is 68.2 Å². The Balaban J connectivity index is 1.57. The maximum atomic E-state index is 12.6. The lowest BCUT2D eigenvalue weighted by Gasteiger charge is -2.33. The highest BCUT2D eigenvalue weighted by Crippen LogP contribution is 2.29. The summed E-state index contributed by atoms with van der Waals surface area (Å²) < 4.78 is 11.5. The quantitative estimate of drug-likeness (QED) is 0.548. The second kappa shape index (κ2) is 6.28. The number of nitrogens with one attached hydrogen (secondary N) is 1. The van der Waals surface area contributed by atoms with E-state index in [-0.39, 0.29) is 5.63 Å². The van der Waals surface area contributed by atoms with Crippen LogP contribution < -0.4 is 15.8 Å². The average Bonchev–Trinajstić information content (AvgIpc) is 3.11. The van der Waals surface area contributed by atoms with E-state index in [1.165, 1.54) is 0 Å². The lowest BCUT2D eigenvalue weighted by Crippen LogP contribution is -2.49. The second-order valence-electron chi connectivity index (χ2n) is 7.12. The summed E-state index contributed by atoms with van der Waals surface area (Å²) in [5.41, 5.74) is 2.50. The van der Waals surface area contributed by atoms with E-state index >= 15 is 0 Å². The first kappa shape index (κ1) is 16.1. The van der Waals surface area contributed by atoms with E-state index in [0.29, 0.717) is 22.9 Å². The third kappa shape index (κ3) is 2.90. The summed E-state index contributed by atoms with van der Waals surface area (Å²) in [5.74, 6) is 0.534. The largest absolute Gasteiger partial charge is 0.456 e. The Bertz CT molecular complexity index is 1160. The summed E-state index contributed by atoms with van der Waals surface area (Å²) >= 11 is 0. The van der Waals surface area contributed by atoms with Crippen LogP contribution in [0.4, 0.5) is 5.69 Å². The molecule has 0 unspecified atom stereocenters. The monoisotopic (exact) mass is 360 g/mol. The summed E-state index contributed by atoms with van der Waals surface area (Å²) in [5, 5.41) is 5.29. The van der Waals surface area contributed by atoms with Crippen molar-refractivity contribution in [1.29, 1.82) is 0 Å². The first-order valence-corrected chi connectivity index (χ1v) is 9.22. The van der Waals surface area contributed by atoms with Gasteiger partial charge in [-0.05, 0) is 37.3 Å². The second-order valence-corrected chi connectivity index (χ2v) is 7.12. The molecule has 2 aromatic heterocycles. The van der Waals surface area contributed by atoms with Crippen molar-refractivity contribution in [1.82, 2.24) is 5.32 Å². The molecule has 3 heterocycles. The molecule has 5 rings (SSSR count). The first-order valence-electron chi connectivity index (χ1n) is 9.22. The summed E-state index contributed by atoms with van der Waals surface area (Å²) in [6.45, 7) is 5.01. The standard InChI is InChI=1S/C22H20N2O3/c1-14-13-24(9-8-23-14)17-7-6-16-10-18(22(25)27-20(16)12-17)21-11-15-4-2-3-5-19(15)26-21/h2-7,10-12,14,23H,8-9,13H2,1H3/t14-/m0/s1. The molecular formula is C22H20N2O3. The number of hydrogen-bond acceptors (Lipinski definition) is 5. The van der Waals surface area contributed by atoms with Gasteiger partial charge in [0, 0.05) is 48.2 Å². The molecule has 0 bridgehead atoms. The molecule has 1 atom stereocenters. The van der Waals surface area contributed by atoms with E-state index < -0.39 is 0 Å². The normalized spacial score (nSPS) is 17.7. The predicted octanol–water partition coefficient (Wildman–Crippen LogP) is 4.00. The number of fused-ring (bicyclic) bond motifs is 2. The number of furan rings is 1. The van der Waals surface area contributed by atoms with Gasteiger partial charge in [-0.15, -0.1) is 0 Å². The third-order valence-electron chi connectivity index (χ3n) is 5.14. The Morgan fingerprint density at radius 1 is 1.00 bits per heavy atom. The van der Waals surface area contributed by atoms with Crippen LogP contribution in [0.5, 0.6) is 0 Å². The van der Waals surface area contributed by atoms with Crippen molar-refractivity contribution in [2.75, 3.05) is 24.5 Å². The molecule has 1 aliphatic rings. The summed E-state index contributed by atoms with van der Waals surface area (Å²) in [7, 11) is 0. The lowest BCUT2D eigenvalue weighted by molar-refractivity contribution is 0.484. The van der Waals surface area contributed by atoms with Gasteiger partial charge in [-0.25, -0.2) is 4.79 Å².